The largest absolute Gasteiger partial charge is 0.0776 e. The molecule has 0 unspecified atom stereocenters. The Kier molecular flexibility index (Phi) is 16.4. The van der Waals surface area contributed by atoms with Crippen LogP contribution >= 0.6 is 15.9 Å². The summed E-state index contributed by atoms with van der Waals surface area (Å²) in [4.78, 5) is 1.98. The molecule has 0 aromatic rings. The Morgan fingerprint density at radius 3 is 1.47 bits per heavy atom. The van der Waals surface area contributed by atoms with Gasteiger partial charge in [0.2, 0.25) is 0 Å². The number of rotatable bonds is 13. The zero-order valence-corrected chi connectivity index (χ0v) is 13.3. The summed E-state index contributed by atoms with van der Waals surface area (Å²) < 4.78 is 0. The van der Waals surface area contributed by atoms with E-state index in [4.69, 9.17) is 0 Å². The molecular weight excluding hydrogens is 272 g/mol. The van der Waals surface area contributed by atoms with Gasteiger partial charge in [-0.25, -0.2) is 0 Å². The maximum atomic E-state index is 3.30. The SMILES string of the molecule is CCCCCCCCCCCCCC/C=C/Br. The van der Waals surface area contributed by atoms with E-state index < -0.39 is 0 Å². The Bertz CT molecular complexity index is 152. The van der Waals surface area contributed by atoms with Gasteiger partial charge in [0.05, 0.1) is 0 Å². The molecule has 17 heavy (non-hydrogen) atoms. The van der Waals surface area contributed by atoms with Crippen LogP contribution in [0.5, 0.6) is 0 Å². The van der Waals surface area contributed by atoms with Crippen LogP contribution in [0.3, 0.4) is 0 Å². The molecule has 0 aliphatic heterocycles. The molecule has 0 aliphatic carbocycles. The first-order valence-corrected chi connectivity index (χ1v) is 8.58. The molecule has 0 aliphatic rings. The minimum atomic E-state index is 1.24. The highest BCUT2D eigenvalue weighted by Crippen LogP contribution is 2.12. The zero-order chi connectivity index (χ0) is 12.6. The summed E-state index contributed by atoms with van der Waals surface area (Å²) in [7, 11) is 0. The lowest BCUT2D eigenvalue weighted by atomic mass is 10.0. The van der Waals surface area contributed by atoms with Crippen molar-refractivity contribution in [2.75, 3.05) is 0 Å². The lowest BCUT2D eigenvalue weighted by molar-refractivity contribution is 0.545. The molecule has 0 atom stereocenters. The van der Waals surface area contributed by atoms with E-state index in [1.807, 2.05) is 4.99 Å². The first-order valence-electron chi connectivity index (χ1n) is 7.67. The fourth-order valence-electron chi connectivity index (χ4n) is 2.17. The highest BCUT2D eigenvalue weighted by atomic mass is 79.9. The van der Waals surface area contributed by atoms with Crippen molar-refractivity contribution < 1.29 is 0 Å². The number of hydrogen-bond donors (Lipinski definition) is 0. The van der Waals surface area contributed by atoms with Crippen LogP contribution in [0.4, 0.5) is 0 Å². The molecule has 0 saturated carbocycles. The summed E-state index contributed by atoms with van der Waals surface area (Å²) in [5.74, 6) is 0. The van der Waals surface area contributed by atoms with E-state index >= 15 is 0 Å². The molecule has 0 N–H and O–H groups in total. The van der Waals surface area contributed by atoms with Crippen LogP contribution < -0.4 is 0 Å². The standard InChI is InChI=1S/C16H31Br/c1-2-3-4-5-6-7-8-9-10-11-12-13-14-15-16-17/h15-16H,2-14H2,1H3/b16-15+. The van der Waals surface area contributed by atoms with Crippen LogP contribution in [0.1, 0.15) is 90.4 Å². The van der Waals surface area contributed by atoms with Gasteiger partial charge in [0, 0.05) is 0 Å². The quantitative estimate of drug-likeness (QED) is 0.322. The summed E-state index contributed by atoms with van der Waals surface area (Å²) >= 11 is 3.30. The number of unbranched alkanes of at least 4 members (excludes halogenated alkanes) is 12. The summed E-state index contributed by atoms with van der Waals surface area (Å²) in [5.41, 5.74) is 0. The fraction of sp³-hybridized carbons (Fsp3) is 0.875. The number of halogens is 1. The van der Waals surface area contributed by atoms with Gasteiger partial charge in [-0.05, 0) is 17.8 Å². The first-order chi connectivity index (χ1) is 8.41. The molecule has 0 radical (unpaired) electrons. The lowest BCUT2D eigenvalue weighted by Gasteiger charge is -2.02. The third-order valence-corrected chi connectivity index (χ3v) is 3.69. The van der Waals surface area contributed by atoms with E-state index in [1.54, 1.807) is 0 Å². The Balaban J connectivity index is 2.89. The van der Waals surface area contributed by atoms with Crippen molar-refractivity contribution >= 4 is 15.9 Å². The van der Waals surface area contributed by atoms with E-state index in [0.29, 0.717) is 0 Å². The molecule has 0 fully saturated rings. The van der Waals surface area contributed by atoms with Crippen molar-refractivity contribution in [1.29, 1.82) is 0 Å². The van der Waals surface area contributed by atoms with Gasteiger partial charge in [-0.1, -0.05) is 99.6 Å². The van der Waals surface area contributed by atoms with E-state index in [9.17, 15) is 0 Å². The second kappa shape index (κ2) is 16.2. The lowest BCUT2D eigenvalue weighted by Crippen LogP contribution is -1.82. The Morgan fingerprint density at radius 2 is 1.06 bits per heavy atom. The van der Waals surface area contributed by atoms with Crippen molar-refractivity contribution in [2.45, 2.75) is 90.4 Å². The van der Waals surface area contributed by atoms with Crippen LogP contribution in [0.2, 0.25) is 0 Å². The summed E-state index contributed by atoms with van der Waals surface area (Å²) in [6.45, 7) is 2.29. The molecule has 0 nitrogen and oxygen atoms in total. The van der Waals surface area contributed by atoms with Crippen LogP contribution in [-0.4, -0.2) is 0 Å². The van der Waals surface area contributed by atoms with Crippen molar-refractivity contribution in [3.8, 4) is 0 Å². The highest BCUT2D eigenvalue weighted by Gasteiger charge is 1.92. The van der Waals surface area contributed by atoms with Gasteiger partial charge < -0.3 is 0 Å². The number of allylic oxidation sites excluding steroid dienone is 1. The van der Waals surface area contributed by atoms with Gasteiger partial charge >= 0.3 is 0 Å². The van der Waals surface area contributed by atoms with E-state index in [2.05, 4.69) is 28.9 Å². The van der Waals surface area contributed by atoms with Gasteiger partial charge in [0.1, 0.15) is 0 Å². The van der Waals surface area contributed by atoms with Crippen LogP contribution in [0.15, 0.2) is 11.1 Å². The Morgan fingerprint density at radius 1 is 0.647 bits per heavy atom. The summed E-state index contributed by atoms with van der Waals surface area (Å²) in [6, 6.07) is 0. The van der Waals surface area contributed by atoms with Crippen molar-refractivity contribution in [3.63, 3.8) is 0 Å². The molecular formula is C16H31Br. The minimum absolute atomic E-state index is 1.24. The Labute approximate surface area is 117 Å². The van der Waals surface area contributed by atoms with E-state index in [0.717, 1.165) is 0 Å². The topological polar surface area (TPSA) is 0 Å². The molecule has 0 amide bonds. The maximum Gasteiger partial charge on any atom is -0.0229 e. The van der Waals surface area contributed by atoms with Crippen LogP contribution in [0, 0.1) is 0 Å². The number of hydrogen-bond acceptors (Lipinski definition) is 0. The summed E-state index contributed by atoms with van der Waals surface area (Å²) in [6.07, 6.45) is 20.7. The maximum absolute atomic E-state index is 3.30. The predicted octanol–water partition coefficient (Wildman–Crippen LogP) is 6.99. The molecule has 0 spiro atoms. The van der Waals surface area contributed by atoms with Gasteiger partial charge in [-0.2, -0.15) is 0 Å². The fourth-order valence-corrected chi connectivity index (χ4v) is 2.43. The second-order valence-corrected chi connectivity index (χ2v) is 5.57. The van der Waals surface area contributed by atoms with Gasteiger partial charge in [-0.3, -0.25) is 0 Å². The molecule has 0 aromatic heterocycles. The van der Waals surface area contributed by atoms with Gasteiger partial charge in [0.15, 0.2) is 0 Å². The average Bonchev–Trinajstić information content (AvgIpc) is 2.35. The van der Waals surface area contributed by atoms with Crippen molar-refractivity contribution in [1.82, 2.24) is 0 Å². The van der Waals surface area contributed by atoms with Crippen molar-refractivity contribution in [2.24, 2.45) is 0 Å². The molecule has 102 valence electrons. The minimum Gasteiger partial charge on any atom is -0.0776 e. The zero-order valence-electron chi connectivity index (χ0n) is 11.7. The van der Waals surface area contributed by atoms with E-state index in [-0.39, 0.29) is 0 Å². The van der Waals surface area contributed by atoms with Crippen molar-refractivity contribution in [3.05, 3.63) is 11.1 Å². The molecule has 1 heteroatoms. The molecule has 0 bridgehead atoms. The smallest absolute Gasteiger partial charge is 0.0229 e. The summed E-state index contributed by atoms with van der Waals surface area (Å²) in [5, 5.41) is 0. The molecule has 0 rings (SSSR count). The third kappa shape index (κ3) is 16.2. The highest BCUT2D eigenvalue weighted by molar-refractivity contribution is 9.11. The Hall–Kier alpha value is 0.220. The average molecular weight is 303 g/mol. The molecule has 0 saturated heterocycles. The monoisotopic (exact) mass is 302 g/mol. The van der Waals surface area contributed by atoms with E-state index in [1.165, 1.54) is 83.5 Å². The predicted molar refractivity (Wildman–Crippen MR) is 83.8 cm³/mol. The van der Waals surface area contributed by atoms with Gasteiger partial charge in [-0.15, -0.1) is 0 Å². The molecule has 0 heterocycles. The van der Waals surface area contributed by atoms with Crippen LogP contribution in [-0.2, 0) is 0 Å². The normalized spacial score (nSPS) is 11.4. The second-order valence-electron chi connectivity index (χ2n) is 5.04. The van der Waals surface area contributed by atoms with Gasteiger partial charge in [0.25, 0.3) is 0 Å². The first kappa shape index (κ1) is 17.2. The molecule has 0 aromatic carbocycles. The van der Waals surface area contributed by atoms with Crippen LogP contribution in [0.25, 0.3) is 0 Å². The third-order valence-electron chi connectivity index (χ3n) is 3.31.